The molecule has 2 fully saturated rings. The molecular formula is C21H30N4O3. The lowest BCUT2D eigenvalue weighted by molar-refractivity contribution is 0.0219. The van der Waals surface area contributed by atoms with E-state index in [-0.39, 0.29) is 18.2 Å². The summed E-state index contributed by atoms with van der Waals surface area (Å²) in [6.07, 6.45) is 0.128. The standard InChI is InChI=1S/C21H30N4O3/c1-15-13-24(20(27)28-21(2,3)4)9-10-25(15)17-5-6-19(16(11-17)12-22)23-8-7-18(26)14-23/h5-6,11,15,18,26H,7-10,13-14H2,1-4H3/t15-,18-/m1/s1. The molecule has 0 aromatic heterocycles. The first kappa shape index (κ1) is 20.3. The quantitative estimate of drug-likeness (QED) is 0.842. The number of anilines is 2. The maximum Gasteiger partial charge on any atom is 0.410 e. The molecule has 0 unspecified atom stereocenters. The van der Waals surface area contributed by atoms with Gasteiger partial charge in [0, 0.05) is 44.5 Å². The minimum absolute atomic E-state index is 0.118. The number of benzene rings is 1. The van der Waals surface area contributed by atoms with Crippen molar-refractivity contribution >= 4 is 17.5 Å². The van der Waals surface area contributed by atoms with Gasteiger partial charge in [0.25, 0.3) is 0 Å². The Balaban J connectivity index is 1.71. The van der Waals surface area contributed by atoms with Crippen LogP contribution in [0.1, 0.15) is 39.7 Å². The van der Waals surface area contributed by atoms with Crippen LogP contribution in [0.25, 0.3) is 0 Å². The molecule has 2 aliphatic rings. The van der Waals surface area contributed by atoms with Crippen molar-refractivity contribution in [1.82, 2.24) is 4.90 Å². The molecule has 1 aromatic carbocycles. The number of ether oxygens (including phenoxy) is 1. The van der Waals surface area contributed by atoms with Gasteiger partial charge in [0.1, 0.15) is 11.7 Å². The fourth-order valence-electron chi connectivity index (χ4n) is 3.86. The summed E-state index contributed by atoms with van der Waals surface area (Å²) in [6, 6.07) is 8.33. The van der Waals surface area contributed by atoms with Gasteiger partial charge in [-0.25, -0.2) is 4.79 Å². The molecule has 7 heteroatoms. The third kappa shape index (κ3) is 4.50. The van der Waals surface area contributed by atoms with Gasteiger partial charge in [-0.1, -0.05) is 0 Å². The molecule has 0 bridgehead atoms. The Bertz CT molecular complexity index is 768. The molecule has 2 aliphatic heterocycles. The van der Waals surface area contributed by atoms with Crippen LogP contribution in [0, 0.1) is 11.3 Å². The smallest absolute Gasteiger partial charge is 0.410 e. The van der Waals surface area contributed by atoms with E-state index < -0.39 is 5.60 Å². The van der Waals surface area contributed by atoms with Crippen LogP contribution < -0.4 is 9.80 Å². The van der Waals surface area contributed by atoms with Crippen LogP contribution in [-0.4, -0.2) is 66.6 Å². The van der Waals surface area contributed by atoms with E-state index in [0.29, 0.717) is 31.7 Å². The van der Waals surface area contributed by atoms with Gasteiger partial charge in [-0.15, -0.1) is 0 Å². The van der Waals surface area contributed by atoms with Gasteiger partial charge >= 0.3 is 6.09 Å². The van der Waals surface area contributed by atoms with E-state index in [2.05, 4.69) is 22.8 Å². The number of nitriles is 1. The van der Waals surface area contributed by atoms with Crippen molar-refractivity contribution in [2.24, 2.45) is 0 Å². The minimum Gasteiger partial charge on any atom is -0.444 e. The Morgan fingerprint density at radius 1 is 1.25 bits per heavy atom. The van der Waals surface area contributed by atoms with Gasteiger partial charge in [-0.2, -0.15) is 5.26 Å². The van der Waals surface area contributed by atoms with Crippen molar-refractivity contribution < 1.29 is 14.6 Å². The molecule has 0 radical (unpaired) electrons. The minimum atomic E-state index is -0.502. The molecule has 2 saturated heterocycles. The van der Waals surface area contributed by atoms with Gasteiger partial charge in [0.15, 0.2) is 0 Å². The number of carbonyl (C=O) groups excluding carboxylic acids is 1. The molecule has 1 amide bonds. The number of amides is 1. The molecule has 28 heavy (non-hydrogen) atoms. The fourth-order valence-corrected chi connectivity index (χ4v) is 3.86. The second kappa shape index (κ2) is 7.88. The van der Waals surface area contributed by atoms with Crippen LogP contribution in [0.15, 0.2) is 18.2 Å². The normalized spacial score (nSPS) is 22.9. The maximum atomic E-state index is 12.3. The highest BCUT2D eigenvalue weighted by molar-refractivity contribution is 5.70. The third-order valence-corrected chi connectivity index (χ3v) is 5.22. The average molecular weight is 386 g/mol. The summed E-state index contributed by atoms with van der Waals surface area (Å²) in [6.45, 7) is 10.9. The first-order chi connectivity index (χ1) is 13.2. The van der Waals surface area contributed by atoms with E-state index in [1.807, 2.05) is 39.0 Å². The highest BCUT2D eigenvalue weighted by Crippen LogP contribution is 2.30. The zero-order chi connectivity index (χ0) is 20.5. The van der Waals surface area contributed by atoms with Crippen LogP contribution >= 0.6 is 0 Å². The summed E-state index contributed by atoms with van der Waals surface area (Å²) >= 11 is 0. The zero-order valence-corrected chi connectivity index (χ0v) is 17.2. The van der Waals surface area contributed by atoms with Gasteiger partial charge < -0.3 is 24.5 Å². The van der Waals surface area contributed by atoms with E-state index in [1.54, 1.807) is 4.90 Å². The van der Waals surface area contributed by atoms with Crippen molar-refractivity contribution in [2.75, 3.05) is 42.5 Å². The number of aliphatic hydroxyl groups is 1. The van der Waals surface area contributed by atoms with Crippen LogP contribution in [0.2, 0.25) is 0 Å². The summed E-state index contributed by atoms with van der Waals surface area (Å²) in [5.74, 6) is 0. The highest BCUT2D eigenvalue weighted by atomic mass is 16.6. The molecule has 7 nitrogen and oxygen atoms in total. The lowest BCUT2D eigenvalue weighted by Gasteiger charge is -2.41. The molecule has 152 valence electrons. The molecule has 0 saturated carbocycles. The zero-order valence-electron chi connectivity index (χ0n) is 17.2. The Morgan fingerprint density at radius 3 is 2.57 bits per heavy atom. The Hall–Kier alpha value is -2.46. The monoisotopic (exact) mass is 386 g/mol. The third-order valence-electron chi connectivity index (χ3n) is 5.22. The van der Waals surface area contributed by atoms with Crippen molar-refractivity contribution in [1.29, 1.82) is 5.26 Å². The summed E-state index contributed by atoms with van der Waals surface area (Å²) in [5, 5.41) is 19.4. The van der Waals surface area contributed by atoms with Crippen molar-refractivity contribution in [2.45, 2.75) is 51.9 Å². The fraction of sp³-hybridized carbons (Fsp3) is 0.619. The lowest BCUT2D eigenvalue weighted by Crippen LogP contribution is -2.54. The van der Waals surface area contributed by atoms with Crippen molar-refractivity contribution in [3.05, 3.63) is 23.8 Å². The van der Waals surface area contributed by atoms with Gasteiger partial charge in [-0.3, -0.25) is 0 Å². The first-order valence-corrected chi connectivity index (χ1v) is 9.89. The molecule has 1 aromatic rings. The van der Waals surface area contributed by atoms with Crippen molar-refractivity contribution in [3.63, 3.8) is 0 Å². The lowest BCUT2D eigenvalue weighted by atomic mass is 10.1. The van der Waals surface area contributed by atoms with E-state index in [1.165, 1.54) is 0 Å². The van der Waals surface area contributed by atoms with Crippen molar-refractivity contribution in [3.8, 4) is 6.07 Å². The van der Waals surface area contributed by atoms with Crippen LogP contribution in [-0.2, 0) is 4.74 Å². The molecule has 1 N–H and O–H groups in total. The average Bonchev–Trinajstić information content (AvgIpc) is 3.06. The Kier molecular flexibility index (Phi) is 5.71. The number of hydrogen-bond donors (Lipinski definition) is 1. The topological polar surface area (TPSA) is 80.0 Å². The van der Waals surface area contributed by atoms with E-state index in [0.717, 1.165) is 24.3 Å². The molecule has 2 atom stereocenters. The predicted octanol–water partition coefficient (Wildman–Crippen LogP) is 2.57. The van der Waals surface area contributed by atoms with E-state index in [9.17, 15) is 15.2 Å². The summed E-state index contributed by atoms with van der Waals surface area (Å²) in [5.41, 5.74) is 1.98. The van der Waals surface area contributed by atoms with E-state index in [4.69, 9.17) is 4.74 Å². The second-order valence-electron chi connectivity index (χ2n) is 8.67. The van der Waals surface area contributed by atoms with Crippen LogP contribution in [0.5, 0.6) is 0 Å². The molecular weight excluding hydrogens is 356 g/mol. The number of aliphatic hydroxyl groups excluding tert-OH is 1. The van der Waals surface area contributed by atoms with Crippen LogP contribution in [0.3, 0.4) is 0 Å². The number of carbonyl (C=O) groups is 1. The second-order valence-corrected chi connectivity index (χ2v) is 8.67. The maximum absolute atomic E-state index is 12.3. The van der Waals surface area contributed by atoms with Gasteiger partial charge in [-0.05, 0) is 52.3 Å². The number of rotatable bonds is 2. The van der Waals surface area contributed by atoms with Gasteiger partial charge in [0.2, 0.25) is 0 Å². The number of β-amino-alcohol motifs (C(OH)–C–C–N with tert-alkyl or cyclic N) is 1. The number of nitrogens with zero attached hydrogens (tertiary/aromatic N) is 4. The Labute approximate surface area is 167 Å². The Morgan fingerprint density at radius 2 is 2.00 bits per heavy atom. The molecule has 3 rings (SSSR count). The summed E-state index contributed by atoms with van der Waals surface area (Å²) in [4.78, 5) is 18.4. The van der Waals surface area contributed by atoms with E-state index >= 15 is 0 Å². The van der Waals surface area contributed by atoms with Crippen LogP contribution in [0.4, 0.5) is 16.2 Å². The SMILES string of the molecule is C[C@@H]1CN(C(=O)OC(C)(C)C)CCN1c1ccc(N2CC[C@@H](O)C2)c(C#N)c1. The molecule has 2 heterocycles. The summed E-state index contributed by atoms with van der Waals surface area (Å²) < 4.78 is 5.48. The number of piperazine rings is 1. The first-order valence-electron chi connectivity index (χ1n) is 9.89. The summed E-state index contributed by atoms with van der Waals surface area (Å²) in [7, 11) is 0. The molecule has 0 aliphatic carbocycles. The number of hydrogen-bond acceptors (Lipinski definition) is 6. The van der Waals surface area contributed by atoms with Gasteiger partial charge in [0.05, 0.1) is 17.4 Å². The largest absolute Gasteiger partial charge is 0.444 e. The predicted molar refractivity (Wildman–Crippen MR) is 109 cm³/mol. The molecule has 0 spiro atoms. The highest BCUT2D eigenvalue weighted by Gasteiger charge is 2.30.